The average Bonchev–Trinajstić information content (AvgIpc) is 2.83. The third kappa shape index (κ3) is 7.87. The molecule has 0 aliphatic heterocycles. The van der Waals surface area contributed by atoms with Crippen molar-refractivity contribution in [3.05, 3.63) is 78.9 Å². The van der Waals surface area contributed by atoms with Gasteiger partial charge in [0.2, 0.25) is 5.91 Å². The summed E-state index contributed by atoms with van der Waals surface area (Å²) in [5.74, 6) is 2.02. The second-order valence-corrected chi connectivity index (χ2v) is 7.14. The number of hydrogen-bond donors (Lipinski definition) is 2. The number of para-hydroxylation sites is 3. The molecule has 168 valence electrons. The van der Waals surface area contributed by atoms with Gasteiger partial charge in [0.1, 0.15) is 30.5 Å². The van der Waals surface area contributed by atoms with Gasteiger partial charge in [-0.25, -0.2) is 0 Å². The molecule has 3 rings (SSSR count). The maximum absolute atomic E-state index is 12.5. The molecule has 3 aromatic carbocycles. The predicted octanol–water partition coefficient (Wildman–Crippen LogP) is 5.37. The van der Waals surface area contributed by atoms with Gasteiger partial charge >= 0.3 is 0 Å². The van der Waals surface area contributed by atoms with Crippen LogP contribution in [0.4, 0.5) is 11.4 Å². The van der Waals surface area contributed by atoms with E-state index < -0.39 is 0 Å². The molecule has 3 aromatic rings. The highest BCUT2D eigenvalue weighted by atomic mass is 16.5. The van der Waals surface area contributed by atoms with E-state index in [-0.39, 0.29) is 12.5 Å². The van der Waals surface area contributed by atoms with E-state index in [9.17, 15) is 4.79 Å². The van der Waals surface area contributed by atoms with E-state index >= 15 is 0 Å². The third-order valence-electron chi connectivity index (χ3n) is 4.57. The highest BCUT2D eigenvalue weighted by molar-refractivity contribution is 5.95. The van der Waals surface area contributed by atoms with Crippen LogP contribution in [-0.4, -0.2) is 32.3 Å². The number of carbonyl (C=O) groups excluding carboxylic acids is 1. The molecule has 0 bridgehead atoms. The first-order valence-electron chi connectivity index (χ1n) is 10.9. The molecular weight excluding hydrogens is 404 g/mol. The van der Waals surface area contributed by atoms with E-state index in [1.807, 2.05) is 78.9 Å². The second-order valence-electron chi connectivity index (χ2n) is 7.14. The molecule has 0 saturated carbocycles. The fourth-order valence-electron chi connectivity index (χ4n) is 2.93. The second kappa shape index (κ2) is 12.9. The van der Waals surface area contributed by atoms with E-state index in [4.69, 9.17) is 14.2 Å². The smallest absolute Gasteiger partial charge is 0.243 e. The van der Waals surface area contributed by atoms with Gasteiger partial charge in [-0.1, -0.05) is 49.7 Å². The Kier molecular flexibility index (Phi) is 9.27. The first kappa shape index (κ1) is 23.0. The van der Waals surface area contributed by atoms with Gasteiger partial charge < -0.3 is 24.8 Å². The lowest BCUT2D eigenvalue weighted by Gasteiger charge is -2.14. The maximum atomic E-state index is 12.5. The van der Waals surface area contributed by atoms with Crippen LogP contribution in [0.25, 0.3) is 0 Å². The first-order chi connectivity index (χ1) is 15.7. The lowest BCUT2D eigenvalue weighted by atomic mass is 10.2. The van der Waals surface area contributed by atoms with Gasteiger partial charge in [-0.3, -0.25) is 4.79 Å². The Morgan fingerprint density at radius 2 is 1.50 bits per heavy atom. The molecule has 0 atom stereocenters. The zero-order valence-corrected chi connectivity index (χ0v) is 18.4. The molecule has 1 amide bonds. The molecule has 0 aliphatic rings. The quantitative estimate of drug-likeness (QED) is 0.354. The summed E-state index contributed by atoms with van der Waals surface area (Å²) in [4.78, 5) is 12.5. The number of anilines is 2. The Balaban J connectivity index is 1.45. The van der Waals surface area contributed by atoms with E-state index in [0.717, 1.165) is 30.0 Å². The lowest BCUT2D eigenvalue weighted by Crippen LogP contribution is -2.22. The van der Waals surface area contributed by atoms with E-state index in [1.165, 1.54) is 0 Å². The van der Waals surface area contributed by atoms with Crippen LogP contribution in [0.1, 0.15) is 19.8 Å². The minimum Gasteiger partial charge on any atom is -0.494 e. The summed E-state index contributed by atoms with van der Waals surface area (Å²) in [6, 6.07) is 24.6. The molecule has 0 heterocycles. The summed E-state index contributed by atoms with van der Waals surface area (Å²) in [5.41, 5.74) is 1.45. The van der Waals surface area contributed by atoms with Crippen molar-refractivity contribution < 1.29 is 19.0 Å². The minimum atomic E-state index is -0.168. The molecule has 2 N–H and O–H groups in total. The number of unbranched alkanes of at least 4 members (excludes halogenated alkanes) is 1. The molecule has 0 unspecified atom stereocenters. The topological polar surface area (TPSA) is 68.8 Å². The molecule has 32 heavy (non-hydrogen) atoms. The van der Waals surface area contributed by atoms with Gasteiger partial charge in [0, 0.05) is 11.8 Å². The summed E-state index contributed by atoms with van der Waals surface area (Å²) in [7, 11) is 0. The van der Waals surface area contributed by atoms with Crippen molar-refractivity contribution in [3.63, 3.8) is 0 Å². The van der Waals surface area contributed by atoms with Crippen LogP contribution in [0.2, 0.25) is 0 Å². The third-order valence-corrected chi connectivity index (χ3v) is 4.57. The van der Waals surface area contributed by atoms with Crippen LogP contribution in [-0.2, 0) is 4.79 Å². The molecule has 0 spiro atoms. The van der Waals surface area contributed by atoms with Crippen LogP contribution in [0.15, 0.2) is 78.9 Å². The summed E-state index contributed by atoms with van der Waals surface area (Å²) < 4.78 is 17.2. The lowest BCUT2D eigenvalue weighted by molar-refractivity contribution is -0.114. The van der Waals surface area contributed by atoms with Gasteiger partial charge in [0.05, 0.1) is 18.8 Å². The number of amides is 1. The van der Waals surface area contributed by atoms with Crippen LogP contribution >= 0.6 is 0 Å². The number of rotatable bonds is 13. The monoisotopic (exact) mass is 434 g/mol. The number of carbonyl (C=O) groups is 1. The maximum Gasteiger partial charge on any atom is 0.243 e. The van der Waals surface area contributed by atoms with Crippen LogP contribution in [0.3, 0.4) is 0 Å². The highest BCUT2D eigenvalue weighted by Crippen LogP contribution is 2.24. The summed E-state index contributed by atoms with van der Waals surface area (Å²) in [5, 5.41) is 6.03. The Morgan fingerprint density at radius 1 is 0.781 bits per heavy atom. The van der Waals surface area contributed by atoms with Crippen molar-refractivity contribution in [3.8, 4) is 17.2 Å². The van der Waals surface area contributed by atoms with Gasteiger partial charge in [0.15, 0.2) is 0 Å². The SMILES string of the molecule is CCCCOc1cccc(NCC(=O)Nc2ccccc2OCCOc2ccccc2)c1. The Morgan fingerprint density at radius 3 is 2.34 bits per heavy atom. The Hall–Kier alpha value is -3.67. The molecule has 6 heteroatoms. The van der Waals surface area contributed by atoms with E-state index in [1.54, 1.807) is 0 Å². The molecule has 0 radical (unpaired) electrons. The van der Waals surface area contributed by atoms with E-state index in [0.29, 0.717) is 31.3 Å². The van der Waals surface area contributed by atoms with Crippen LogP contribution < -0.4 is 24.8 Å². The van der Waals surface area contributed by atoms with Crippen molar-refractivity contribution in [1.29, 1.82) is 0 Å². The molecular formula is C26H30N2O4. The number of nitrogens with one attached hydrogen (secondary N) is 2. The zero-order chi connectivity index (χ0) is 22.4. The Labute approximate surface area is 189 Å². The van der Waals surface area contributed by atoms with Crippen molar-refractivity contribution >= 4 is 17.3 Å². The minimum absolute atomic E-state index is 0.129. The molecule has 0 aromatic heterocycles. The number of benzene rings is 3. The predicted molar refractivity (Wildman–Crippen MR) is 128 cm³/mol. The van der Waals surface area contributed by atoms with Gasteiger partial charge in [-0.15, -0.1) is 0 Å². The molecule has 0 aliphatic carbocycles. The summed E-state index contributed by atoms with van der Waals surface area (Å²) in [6.45, 7) is 3.72. The van der Waals surface area contributed by atoms with Gasteiger partial charge in [-0.2, -0.15) is 0 Å². The van der Waals surface area contributed by atoms with Crippen LogP contribution in [0.5, 0.6) is 17.2 Å². The van der Waals surface area contributed by atoms with Crippen molar-refractivity contribution in [1.82, 2.24) is 0 Å². The van der Waals surface area contributed by atoms with E-state index in [2.05, 4.69) is 17.6 Å². The van der Waals surface area contributed by atoms with Crippen molar-refractivity contribution in [2.75, 3.05) is 37.0 Å². The van der Waals surface area contributed by atoms with Gasteiger partial charge in [-0.05, 0) is 42.8 Å². The summed E-state index contributed by atoms with van der Waals surface area (Å²) in [6.07, 6.45) is 2.10. The largest absolute Gasteiger partial charge is 0.494 e. The van der Waals surface area contributed by atoms with Gasteiger partial charge in [0.25, 0.3) is 0 Å². The Bertz CT molecular complexity index is 963. The van der Waals surface area contributed by atoms with Crippen molar-refractivity contribution in [2.24, 2.45) is 0 Å². The average molecular weight is 435 g/mol. The number of hydrogen-bond acceptors (Lipinski definition) is 5. The van der Waals surface area contributed by atoms with Crippen LogP contribution in [0, 0.1) is 0 Å². The number of ether oxygens (including phenoxy) is 3. The molecule has 0 fully saturated rings. The van der Waals surface area contributed by atoms with Crippen molar-refractivity contribution in [2.45, 2.75) is 19.8 Å². The standard InChI is InChI=1S/C26H30N2O4/c1-2-3-16-30-23-13-9-10-21(19-23)27-20-26(29)28-24-14-7-8-15-25(24)32-18-17-31-22-11-5-4-6-12-22/h4-15,19,27H,2-3,16-18,20H2,1H3,(H,28,29). The fourth-order valence-corrected chi connectivity index (χ4v) is 2.93. The fraction of sp³-hybridized carbons (Fsp3) is 0.269. The normalized spacial score (nSPS) is 10.3. The summed E-state index contributed by atoms with van der Waals surface area (Å²) >= 11 is 0. The highest BCUT2D eigenvalue weighted by Gasteiger charge is 2.08. The first-order valence-corrected chi connectivity index (χ1v) is 10.9. The zero-order valence-electron chi connectivity index (χ0n) is 18.4. The molecule has 0 saturated heterocycles. The molecule has 6 nitrogen and oxygen atoms in total.